The van der Waals surface area contributed by atoms with Crippen LogP contribution < -0.4 is 15.5 Å². The van der Waals surface area contributed by atoms with Crippen LogP contribution in [0.3, 0.4) is 0 Å². The van der Waals surface area contributed by atoms with Gasteiger partial charge in [0.2, 0.25) is 0 Å². The summed E-state index contributed by atoms with van der Waals surface area (Å²) in [6.07, 6.45) is 2.35. The van der Waals surface area contributed by atoms with Gasteiger partial charge < -0.3 is 20.4 Å². The zero-order valence-corrected chi connectivity index (χ0v) is 19.7. The zero-order chi connectivity index (χ0) is 18.7. The van der Waals surface area contributed by atoms with Crippen molar-refractivity contribution in [3.05, 3.63) is 29.8 Å². The molecule has 6 heteroatoms. The fourth-order valence-corrected chi connectivity index (χ4v) is 2.79. The van der Waals surface area contributed by atoms with Crippen molar-refractivity contribution in [2.45, 2.75) is 46.2 Å². The summed E-state index contributed by atoms with van der Waals surface area (Å²) in [6, 6.07) is 8.97. The van der Waals surface area contributed by atoms with Crippen molar-refractivity contribution in [2.75, 3.05) is 45.7 Å². The van der Waals surface area contributed by atoms with E-state index in [0.29, 0.717) is 6.04 Å². The van der Waals surface area contributed by atoms with Crippen LogP contribution in [0.15, 0.2) is 29.3 Å². The molecule has 0 heterocycles. The molecule has 0 aliphatic carbocycles. The minimum absolute atomic E-state index is 0. The number of rotatable bonds is 10. The standard InChI is InChI=1S/C20H37N5.HI/c1-7-25(8-2)14-10-11-17(3)23-20(21-4)22-16-18-12-9-13-19(15-18)24(5)6;/h9,12-13,15,17H,7-8,10-11,14,16H2,1-6H3,(H2,21,22,23);1H. The van der Waals surface area contributed by atoms with E-state index in [1.807, 2.05) is 7.05 Å². The van der Waals surface area contributed by atoms with E-state index in [9.17, 15) is 0 Å². The molecular weight excluding hydrogens is 437 g/mol. The van der Waals surface area contributed by atoms with Crippen LogP contribution in [0.25, 0.3) is 0 Å². The molecule has 0 amide bonds. The summed E-state index contributed by atoms with van der Waals surface area (Å²) in [5.74, 6) is 0.866. The van der Waals surface area contributed by atoms with Gasteiger partial charge in [-0.1, -0.05) is 26.0 Å². The third-order valence-corrected chi connectivity index (χ3v) is 4.50. The fraction of sp³-hybridized carbons (Fsp3) is 0.650. The van der Waals surface area contributed by atoms with Crippen LogP contribution in [0.5, 0.6) is 0 Å². The first kappa shape index (κ1) is 25.0. The van der Waals surface area contributed by atoms with Crippen LogP contribution in [0.2, 0.25) is 0 Å². The van der Waals surface area contributed by atoms with Crippen LogP contribution >= 0.6 is 24.0 Å². The third-order valence-electron chi connectivity index (χ3n) is 4.50. The minimum atomic E-state index is 0. The Labute approximate surface area is 177 Å². The van der Waals surface area contributed by atoms with E-state index in [1.54, 1.807) is 0 Å². The predicted octanol–water partition coefficient (Wildman–Crippen LogP) is 3.55. The SMILES string of the molecule is CCN(CC)CCCC(C)NC(=NC)NCc1cccc(N(C)C)c1.I. The second-order valence-electron chi connectivity index (χ2n) is 6.70. The lowest BCUT2D eigenvalue weighted by atomic mass is 10.1. The topological polar surface area (TPSA) is 42.9 Å². The summed E-state index contributed by atoms with van der Waals surface area (Å²) < 4.78 is 0. The average molecular weight is 475 g/mol. The molecule has 0 saturated heterocycles. The molecule has 0 aliphatic heterocycles. The Morgan fingerprint density at radius 2 is 1.88 bits per heavy atom. The number of anilines is 1. The van der Waals surface area contributed by atoms with Crippen LogP contribution in [-0.4, -0.2) is 57.7 Å². The lowest BCUT2D eigenvalue weighted by molar-refractivity contribution is 0.292. The summed E-state index contributed by atoms with van der Waals surface area (Å²) >= 11 is 0. The van der Waals surface area contributed by atoms with Gasteiger partial charge in [0, 0.05) is 39.4 Å². The maximum Gasteiger partial charge on any atom is 0.191 e. The van der Waals surface area contributed by atoms with E-state index in [0.717, 1.165) is 32.0 Å². The van der Waals surface area contributed by atoms with Gasteiger partial charge in [-0.05, 0) is 57.1 Å². The Kier molecular flexibility index (Phi) is 13.5. The van der Waals surface area contributed by atoms with Crippen molar-refractivity contribution < 1.29 is 0 Å². The highest BCUT2D eigenvalue weighted by atomic mass is 127. The normalized spacial score (nSPS) is 12.5. The predicted molar refractivity (Wildman–Crippen MR) is 126 cm³/mol. The summed E-state index contributed by atoms with van der Waals surface area (Å²) in [5.41, 5.74) is 2.47. The number of aliphatic imine (C=N–C) groups is 1. The van der Waals surface area contributed by atoms with Gasteiger partial charge in [0.1, 0.15) is 0 Å². The number of nitrogens with one attached hydrogen (secondary N) is 2. The van der Waals surface area contributed by atoms with Crippen molar-refractivity contribution in [3.63, 3.8) is 0 Å². The summed E-state index contributed by atoms with van der Waals surface area (Å²) in [4.78, 5) is 8.94. The Morgan fingerprint density at radius 3 is 2.46 bits per heavy atom. The van der Waals surface area contributed by atoms with Gasteiger partial charge in [-0.2, -0.15) is 0 Å². The van der Waals surface area contributed by atoms with Gasteiger partial charge in [-0.25, -0.2) is 0 Å². The molecule has 0 fully saturated rings. The zero-order valence-electron chi connectivity index (χ0n) is 17.4. The molecule has 150 valence electrons. The van der Waals surface area contributed by atoms with Crippen LogP contribution in [0.1, 0.15) is 39.2 Å². The maximum absolute atomic E-state index is 4.35. The second kappa shape index (κ2) is 14.1. The number of halogens is 1. The van der Waals surface area contributed by atoms with Crippen molar-refractivity contribution in [3.8, 4) is 0 Å². The highest BCUT2D eigenvalue weighted by molar-refractivity contribution is 14.0. The molecule has 26 heavy (non-hydrogen) atoms. The summed E-state index contributed by atoms with van der Waals surface area (Å²) in [7, 11) is 5.95. The van der Waals surface area contributed by atoms with Gasteiger partial charge in [0.05, 0.1) is 0 Å². The minimum Gasteiger partial charge on any atom is -0.378 e. The highest BCUT2D eigenvalue weighted by Crippen LogP contribution is 2.13. The second-order valence-corrected chi connectivity index (χ2v) is 6.70. The maximum atomic E-state index is 4.35. The van der Waals surface area contributed by atoms with Gasteiger partial charge in [0.25, 0.3) is 0 Å². The van der Waals surface area contributed by atoms with Crippen LogP contribution in [-0.2, 0) is 6.54 Å². The molecule has 0 aliphatic rings. The summed E-state index contributed by atoms with van der Waals surface area (Å²) in [6.45, 7) is 10.9. The molecule has 1 rings (SSSR count). The summed E-state index contributed by atoms with van der Waals surface area (Å²) in [5, 5.41) is 6.91. The molecule has 0 saturated carbocycles. The van der Waals surface area contributed by atoms with Crippen LogP contribution in [0, 0.1) is 0 Å². The van der Waals surface area contributed by atoms with Gasteiger partial charge in [0.15, 0.2) is 5.96 Å². The molecule has 0 bridgehead atoms. The number of guanidine groups is 1. The van der Waals surface area contributed by atoms with E-state index >= 15 is 0 Å². The molecule has 1 aromatic carbocycles. The number of hydrogen-bond acceptors (Lipinski definition) is 3. The Hall–Kier alpha value is -1.02. The van der Waals surface area contributed by atoms with Crippen molar-refractivity contribution in [1.82, 2.24) is 15.5 Å². The molecular formula is C20H38IN5. The van der Waals surface area contributed by atoms with Gasteiger partial charge in [-0.3, -0.25) is 4.99 Å². The molecule has 1 unspecified atom stereocenters. The van der Waals surface area contributed by atoms with E-state index < -0.39 is 0 Å². The largest absolute Gasteiger partial charge is 0.378 e. The van der Waals surface area contributed by atoms with E-state index in [4.69, 9.17) is 0 Å². The van der Waals surface area contributed by atoms with Gasteiger partial charge in [-0.15, -0.1) is 24.0 Å². The quantitative estimate of drug-likeness (QED) is 0.309. The molecule has 0 aromatic heterocycles. The number of hydrogen-bond donors (Lipinski definition) is 2. The molecule has 1 aromatic rings. The van der Waals surface area contributed by atoms with Crippen molar-refractivity contribution >= 4 is 35.6 Å². The van der Waals surface area contributed by atoms with E-state index in [1.165, 1.54) is 24.2 Å². The van der Waals surface area contributed by atoms with Crippen molar-refractivity contribution in [2.24, 2.45) is 4.99 Å². The lowest BCUT2D eigenvalue weighted by Gasteiger charge is -2.21. The Bertz CT molecular complexity index is 515. The Morgan fingerprint density at radius 1 is 1.19 bits per heavy atom. The molecule has 5 nitrogen and oxygen atoms in total. The number of nitrogens with zero attached hydrogens (tertiary/aromatic N) is 3. The Balaban J connectivity index is 0.00000625. The lowest BCUT2D eigenvalue weighted by Crippen LogP contribution is -2.42. The molecule has 0 spiro atoms. The van der Waals surface area contributed by atoms with Crippen molar-refractivity contribution in [1.29, 1.82) is 0 Å². The smallest absolute Gasteiger partial charge is 0.191 e. The first-order chi connectivity index (χ1) is 12.0. The van der Waals surface area contributed by atoms with Crippen LogP contribution in [0.4, 0.5) is 5.69 Å². The molecule has 1 atom stereocenters. The number of benzene rings is 1. The van der Waals surface area contributed by atoms with Gasteiger partial charge >= 0.3 is 0 Å². The fourth-order valence-electron chi connectivity index (χ4n) is 2.79. The first-order valence-electron chi connectivity index (χ1n) is 9.45. The third kappa shape index (κ3) is 9.62. The monoisotopic (exact) mass is 475 g/mol. The highest BCUT2D eigenvalue weighted by Gasteiger charge is 2.07. The average Bonchev–Trinajstić information content (AvgIpc) is 2.62. The first-order valence-corrected chi connectivity index (χ1v) is 9.45. The molecule has 0 radical (unpaired) electrons. The molecule has 2 N–H and O–H groups in total. The van der Waals surface area contributed by atoms with E-state index in [2.05, 4.69) is 84.6 Å². The van der Waals surface area contributed by atoms with E-state index in [-0.39, 0.29) is 24.0 Å².